The SMILES string of the molecule is C/C=N\c1nc(Cl)nc(OC)c1NCCCN1CCOCC1. The van der Waals surface area contributed by atoms with Gasteiger partial charge in [-0.2, -0.15) is 9.97 Å². The van der Waals surface area contributed by atoms with Crippen molar-refractivity contribution in [2.24, 2.45) is 4.99 Å². The molecule has 0 saturated carbocycles. The van der Waals surface area contributed by atoms with E-state index in [-0.39, 0.29) is 5.28 Å². The number of halogens is 1. The molecule has 0 aromatic carbocycles. The second-order valence-corrected chi connectivity index (χ2v) is 5.16. The molecule has 22 heavy (non-hydrogen) atoms. The smallest absolute Gasteiger partial charge is 0.243 e. The fourth-order valence-corrected chi connectivity index (χ4v) is 2.42. The zero-order valence-electron chi connectivity index (χ0n) is 13.0. The normalized spacial score (nSPS) is 16.1. The summed E-state index contributed by atoms with van der Waals surface area (Å²) >= 11 is 5.88. The Kier molecular flexibility index (Phi) is 6.82. The monoisotopic (exact) mass is 327 g/mol. The number of nitrogens with zero attached hydrogens (tertiary/aromatic N) is 4. The van der Waals surface area contributed by atoms with Gasteiger partial charge in [0.1, 0.15) is 5.69 Å². The van der Waals surface area contributed by atoms with Gasteiger partial charge in [0.05, 0.1) is 20.3 Å². The molecule has 1 aromatic rings. The minimum absolute atomic E-state index is 0.122. The topological polar surface area (TPSA) is 71.9 Å². The first-order valence-electron chi connectivity index (χ1n) is 7.38. The van der Waals surface area contributed by atoms with Crippen LogP contribution in [-0.2, 0) is 4.74 Å². The summed E-state index contributed by atoms with van der Waals surface area (Å²) in [5.74, 6) is 0.901. The third kappa shape index (κ3) is 4.79. The van der Waals surface area contributed by atoms with Gasteiger partial charge in [0, 0.05) is 25.8 Å². The number of hydrogen-bond donors (Lipinski definition) is 1. The van der Waals surface area contributed by atoms with E-state index in [4.69, 9.17) is 21.1 Å². The van der Waals surface area contributed by atoms with Crippen LogP contribution in [0.3, 0.4) is 0 Å². The third-order valence-corrected chi connectivity index (χ3v) is 3.50. The van der Waals surface area contributed by atoms with Crippen LogP contribution in [0.4, 0.5) is 11.5 Å². The predicted octanol–water partition coefficient (Wildman–Crippen LogP) is 1.99. The van der Waals surface area contributed by atoms with E-state index in [1.165, 1.54) is 0 Å². The molecule has 2 rings (SSSR count). The van der Waals surface area contributed by atoms with Gasteiger partial charge in [-0.3, -0.25) is 4.90 Å². The van der Waals surface area contributed by atoms with Crippen molar-refractivity contribution in [3.63, 3.8) is 0 Å². The van der Waals surface area contributed by atoms with Gasteiger partial charge in [-0.1, -0.05) is 0 Å². The number of morpholine rings is 1. The standard InChI is InChI=1S/C14H22ClN5O2/c1-3-16-12-11(13(21-2)19-14(15)18-12)17-5-4-6-20-7-9-22-10-8-20/h3,17H,4-10H2,1-2H3/b16-3-. The van der Waals surface area contributed by atoms with Gasteiger partial charge in [0.2, 0.25) is 11.2 Å². The molecule has 1 aromatic heterocycles. The van der Waals surface area contributed by atoms with Gasteiger partial charge >= 0.3 is 0 Å². The Hall–Kier alpha value is -1.44. The van der Waals surface area contributed by atoms with Gasteiger partial charge in [-0.05, 0) is 31.5 Å². The molecule has 0 unspecified atom stereocenters. The summed E-state index contributed by atoms with van der Waals surface area (Å²) in [6, 6.07) is 0. The molecule has 1 fully saturated rings. The summed E-state index contributed by atoms with van der Waals surface area (Å²) in [6.45, 7) is 7.27. The lowest BCUT2D eigenvalue weighted by atomic mass is 10.3. The summed E-state index contributed by atoms with van der Waals surface area (Å²) in [6.07, 6.45) is 2.66. The first kappa shape index (κ1) is 16.9. The van der Waals surface area contributed by atoms with Gasteiger partial charge in [0.15, 0.2) is 5.82 Å². The van der Waals surface area contributed by atoms with Crippen molar-refractivity contribution in [1.82, 2.24) is 14.9 Å². The summed E-state index contributed by atoms with van der Waals surface area (Å²) in [5.41, 5.74) is 0.673. The molecule has 8 heteroatoms. The van der Waals surface area contributed by atoms with Gasteiger partial charge in [-0.25, -0.2) is 4.99 Å². The van der Waals surface area contributed by atoms with Crippen LogP contribution in [0.25, 0.3) is 0 Å². The number of nitrogens with one attached hydrogen (secondary N) is 1. The highest BCUT2D eigenvalue weighted by atomic mass is 35.5. The van der Waals surface area contributed by atoms with Crippen LogP contribution >= 0.6 is 11.6 Å². The zero-order chi connectivity index (χ0) is 15.8. The minimum Gasteiger partial charge on any atom is -0.479 e. The second kappa shape index (κ2) is 8.87. The van der Waals surface area contributed by atoms with Crippen LogP contribution in [0.2, 0.25) is 5.28 Å². The lowest BCUT2D eigenvalue weighted by molar-refractivity contribution is 0.0378. The van der Waals surface area contributed by atoms with E-state index < -0.39 is 0 Å². The van der Waals surface area contributed by atoms with Crippen LogP contribution in [-0.4, -0.2) is 67.6 Å². The molecule has 0 atom stereocenters. The summed E-state index contributed by atoms with van der Waals surface area (Å²) < 4.78 is 10.6. The lowest BCUT2D eigenvalue weighted by Gasteiger charge is -2.26. The molecule has 0 aliphatic carbocycles. The van der Waals surface area contributed by atoms with Crippen molar-refractivity contribution in [1.29, 1.82) is 0 Å². The highest BCUT2D eigenvalue weighted by Crippen LogP contribution is 2.32. The molecule has 0 bridgehead atoms. The Morgan fingerprint density at radius 3 is 2.86 bits per heavy atom. The van der Waals surface area contributed by atoms with Crippen LogP contribution in [0, 0.1) is 0 Å². The zero-order valence-corrected chi connectivity index (χ0v) is 13.8. The molecule has 1 saturated heterocycles. The highest BCUT2D eigenvalue weighted by Gasteiger charge is 2.14. The summed E-state index contributed by atoms with van der Waals surface area (Å²) in [5, 5.41) is 3.43. The van der Waals surface area contributed by atoms with Crippen LogP contribution in [0.1, 0.15) is 13.3 Å². The van der Waals surface area contributed by atoms with Crippen LogP contribution in [0.5, 0.6) is 5.88 Å². The van der Waals surface area contributed by atoms with Crippen molar-refractivity contribution >= 4 is 29.3 Å². The maximum atomic E-state index is 5.88. The fraction of sp³-hybridized carbons (Fsp3) is 0.643. The number of ether oxygens (including phenoxy) is 2. The van der Waals surface area contributed by atoms with E-state index in [0.29, 0.717) is 17.4 Å². The Balaban J connectivity index is 1.93. The van der Waals surface area contributed by atoms with Crippen molar-refractivity contribution in [3.8, 4) is 5.88 Å². The molecule has 1 aliphatic rings. The summed E-state index contributed by atoms with van der Waals surface area (Å²) in [7, 11) is 1.55. The Labute approximate surface area is 135 Å². The van der Waals surface area contributed by atoms with Crippen molar-refractivity contribution in [2.45, 2.75) is 13.3 Å². The number of rotatable bonds is 7. The maximum Gasteiger partial charge on any atom is 0.243 e. The average Bonchev–Trinajstić information content (AvgIpc) is 2.54. The third-order valence-electron chi connectivity index (χ3n) is 3.33. The van der Waals surface area contributed by atoms with E-state index in [0.717, 1.165) is 45.8 Å². The number of hydrogen-bond acceptors (Lipinski definition) is 7. The lowest BCUT2D eigenvalue weighted by Crippen LogP contribution is -2.37. The fourth-order valence-electron chi connectivity index (χ4n) is 2.26. The Morgan fingerprint density at radius 2 is 2.18 bits per heavy atom. The van der Waals surface area contributed by atoms with E-state index >= 15 is 0 Å². The van der Waals surface area contributed by atoms with E-state index in [1.807, 2.05) is 6.92 Å². The molecular formula is C14H22ClN5O2. The Bertz CT molecular complexity index is 506. The molecule has 0 radical (unpaired) electrons. The van der Waals surface area contributed by atoms with Crippen molar-refractivity contribution in [2.75, 3.05) is 51.8 Å². The van der Waals surface area contributed by atoms with Crippen molar-refractivity contribution < 1.29 is 9.47 Å². The van der Waals surface area contributed by atoms with E-state index in [2.05, 4.69) is 25.2 Å². The van der Waals surface area contributed by atoms with Gasteiger partial charge < -0.3 is 14.8 Å². The number of methoxy groups -OCH3 is 1. The highest BCUT2D eigenvalue weighted by molar-refractivity contribution is 6.28. The van der Waals surface area contributed by atoms with Crippen LogP contribution in [0.15, 0.2) is 4.99 Å². The molecular weight excluding hydrogens is 306 g/mol. The van der Waals surface area contributed by atoms with E-state index in [1.54, 1.807) is 13.3 Å². The molecule has 1 aliphatic heterocycles. The predicted molar refractivity (Wildman–Crippen MR) is 87.8 cm³/mol. The quantitative estimate of drug-likeness (QED) is 0.469. The largest absolute Gasteiger partial charge is 0.479 e. The molecule has 1 N–H and O–H groups in total. The van der Waals surface area contributed by atoms with Gasteiger partial charge in [-0.15, -0.1) is 0 Å². The molecule has 122 valence electrons. The summed E-state index contributed by atoms with van der Waals surface area (Å²) in [4.78, 5) is 14.8. The number of anilines is 1. The average molecular weight is 328 g/mol. The second-order valence-electron chi connectivity index (χ2n) is 4.82. The molecule has 7 nitrogen and oxygen atoms in total. The number of aromatic nitrogens is 2. The minimum atomic E-state index is 0.122. The molecule has 0 amide bonds. The first-order valence-corrected chi connectivity index (χ1v) is 7.76. The van der Waals surface area contributed by atoms with Crippen molar-refractivity contribution in [3.05, 3.63) is 5.28 Å². The first-order chi connectivity index (χ1) is 10.7. The molecule has 2 heterocycles. The van der Waals surface area contributed by atoms with Gasteiger partial charge in [0.25, 0.3) is 0 Å². The van der Waals surface area contributed by atoms with E-state index in [9.17, 15) is 0 Å². The number of aliphatic imine (C=N–C) groups is 1. The maximum absolute atomic E-state index is 5.88. The molecule has 0 spiro atoms. The van der Waals surface area contributed by atoms with Crippen LogP contribution < -0.4 is 10.1 Å². The Morgan fingerprint density at radius 1 is 1.41 bits per heavy atom.